The lowest BCUT2D eigenvalue weighted by Gasteiger charge is -2.19. The molecule has 1 fully saturated rings. The van der Waals surface area contributed by atoms with Crippen LogP contribution in [-0.2, 0) is 16.1 Å². The Morgan fingerprint density at radius 1 is 1.46 bits per heavy atom. The Bertz CT molecular complexity index is 619. The molecule has 2 rings (SSSR count). The van der Waals surface area contributed by atoms with Crippen LogP contribution < -0.4 is 10.2 Å². The van der Waals surface area contributed by atoms with E-state index < -0.39 is 30.5 Å². The summed E-state index contributed by atoms with van der Waals surface area (Å²) in [6.45, 7) is -1.33. The van der Waals surface area contributed by atoms with Crippen molar-refractivity contribution in [2.24, 2.45) is 5.92 Å². The van der Waals surface area contributed by atoms with Crippen LogP contribution in [-0.4, -0.2) is 55.1 Å². The molecule has 1 aromatic rings. The van der Waals surface area contributed by atoms with Crippen LogP contribution in [0.2, 0.25) is 0 Å². The summed E-state index contributed by atoms with van der Waals surface area (Å²) in [6, 6.07) is 3.54. The molecular weight excluding hydrogens is 325 g/mol. The topological polar surface area (TPSA) is 65.5 Å². The van der Waals surface area contributed by atoms with Crippen molar-refractivity contribution in [2.75, 3.05) is 32.1 Å². The highest BCUT2D eigenvalue weighted by Gasteiger charge is 2.40. The molecule has 24 heavy (non-hydrogen) atoms. The third-order valence-electron chi connectivity index (χ3n) is 3.70. The molecule has 132 valence electrons. The van der Waals surface area contributed by atoms with Crippen molar-refractivity contribution < 1.29 is 22.8 Å². The summed E-state index contributed by atoms with van der Waals surface area (Å²) >= 11 is 0. The Morgan fingerprint density at radius 2 is 2.17 bits per heavy atom. The first-order valence-electron chi connectivity index (χ1n) is 7.41. The zero-order valence-corrected chi connectivity index (χ0v) is 13.4. The zero-order valence-electron chi connectivity index (χ0n) is 13.4. The lowest BCUT2D eigenvalue weighted by atomic mass is 10.1. The fourth-order valence-electron chi connectivity index (χ4n) is 2.61. The number of amides is 2. The molecule has 2 amide bonds. The SMILES string of the molecule is CN(C)c1ncccc1CNC(=O)[C@@H]1CC(=O)N(CC(F)(F)F)C1. The number of likely N-dealkylation sites (tertiary alicyclic amines) is 1. The summed E-state index contributed by atoms with van der Waals surface area (Å²) < 4.78 is 37.2. The summed E-state index contributed by atoms with van der Waals surface area (Å²) in [5, 5.41) is 2.67. The number of halogens is 3. The zero-order chi connectivity index (χ0) is 17.9. The quantitative estimate of drug-likeness (QED) is 0.871. The highest BCUT2D eigenvalue weighted by Crippen LogP contribution is 2.24. The number of alkyl halides is 3. The van der Waals surface area contributed by atoms with E-state index in [2.05, 4.69) is 10.3 Å². The lowest BCUT2D eigenvalue weighted by molar-refractivity contribution is -0.157. The number of carbonyl (C=O) groups excluding carboxylic acids is 2. The molecule has 1 aromatic heterocycles. The van der Waals surface area contributed by atoms with Crippen LogP contribution in [0.15, 0.2) is 18.3 Å². The van der Waals surface area contributed by atoms with Gasteiger partial charge in [-0.3, -0.25) is 9.59 Å². The molecule has 0 radical (unpaired) electrons. The molecule has 9 heteroatoms. The van der Waals surface area contributed by atoms with E-state index in [9.17, 15) is 22.8 Å². The second-order valence-corrected chi connectivity index (χ2v) is 5.89. The Labute approximate surface area is 137 Å². The maximum Gasteiger partial charge on any atom is 0.406 e. The van der Waals surface area contributed by atoms with Gasteiger partial charge in [0, 0.05) is 45.4 Å². The maximum atomic E-state index is 12.4. The van der Waals surface area contributed by atoms with Gasteiger partial charge >= 0.3 is 6.18 Å². The molecular formula is C15H19F3N4O2. The molecule has 0 bridgehead atoms. The Hall–Kier alpha value is -2.32. The highest BCUT2D eigenvalue weighted by molar-refractivity contribution is 5.89. The van der Waals surface area contributed by atoms with E-state index >= 15 is 0 Å². The molecule has 1 N–H and O–H groups in total. The highest BCUT2D eigenvalue weighted by atomic mass is 19.4. The van der Waals surface area contributed by atoms with Crippen molar-refractivity contribution in [3.8, 4) is 0 Å². The van der Waals surface area contributed by atoms with Crippen LogP contribution >= 0.6 is 0 Å². The van der Waals surface area contributed by atoms with Gasteiger partial charge in [-0.2, -0.15) is 13.2 Å². The van der Waals surface area contributed by atoms with Gasteiger partial charge in [-0.1, -0.05) is 6.07 Å². The summed E-state index contributed by atoms with van der Waals surface area (Å²) in [5.74, 6) is -1.15. The predicted octanol–water partition coefficient (Wildman–Crippen LogP) is 1.17. The monoisotopic (exact) mass is 344 g/mol. The minimum Gasteiger partial charge on any atom is -0.362 e. The van der Waals surface area contributed by atoms with Crippen LogP contribution in [0.3, 0.4) is 0 Å². The first-order chi connectivity index (χ1) is 11.2. The van der Waals surface area contributed by atoms with E-state index in [1.54, 1.807) is 23.2 Å². The van der Waals surface area contributed by atoms with Crippen LogP contribution in [0, 0.1) is 5.92 Å². The van der Waals surface area contributed by atoms with Gasteiger partial charge in [0.05, 0.1) is 5.92 Å². The van der Waals surface area contributed by atoms with Crippen LogP contribution in [0.5, 0.6) is 0 Å². The van der Waals surface area contributed by atoms with E-state index in [0.29, 0.717) is 10.7 Å². The average Bonchev–Trinajstić information content (AvgIpc) is 2.84. The third-order valence-corrected chi connectivity index (χ3v) is 3.70. The summed E-state index contributed by atoms with van der Waals surface area (Å²) in [6.07, 6.45) is -3.03. The normalized spacial score (nSPS) is 18.0. The molecule has 0 aromatic carbocycles. The number of hydrogen-bond donors (Lipinski definition) is 1. The molecule has 0 spiro atoms. The fraction of sp³-hybridized carbons (Fsp3) is 0.533. The van der Waals surface area contributed by atoms with E-state index in [1.165, 1.54) is 0 Å². The molecule has 1 saturated heterocycles. The largest absolute Gasteiger partial charge is 0.406 e. The number of hydrogen-bond acceptors (Lipinski definition) is 4. The van der Waals surface area contributed by atoms with Crippen molar-refractivity contribution in [1.29, 1.82) is 0 Å². The maximum absolute atomic E-state index is 12.4. The minimum absolute atomic E-state index is 0.199. The lowest BCUT2D eigenvalue weighted by Crippen LogP contribution is -2.37. The van der Waals surface area contributed by atoms with Crippen molar-refractivity contribution in [2.45, 2.75) is 19.1 Å². The predicted molar refractivity (Wildman–Crippen MR) is 81.2 cm³/mol. The number of carbonyl (C=O) groups is 2. The van der Waals surface area contributed by atoms with Crippen molar-refractivity contribution in [3.05, 3.63) is 23.9 Å². The van der Waals surface area contributed by atoms with E-state index in [0.717, 1.165) is 5.56 Å². The Morgan fingerprint density at radius 3 is 2.79 bits per heavy atom. The minimum atomic E-state index is -4.46. The van der Waals surface area contributed by atoms with Crippen molar-refractivity contribution in [1.82, 2.24) is 15.2 Å². The smallest absolute Gasteiger partial charge is 0.362 e. The standard InChI is InChI=1S/C15H19F3N4O2/c1-21(2)13-10(4-3-5-19-13)7-20-14(24)11-6-12(23)22(8-11)9-15(16,17)18/h3-5,11H,6-9H2,1-2H3,(H,20,24)/t11-/m1/s1. The molecule has 1 aliphatic heterocycles. The molecule has 2 heterocycles. The Kier molecular flexibility index (Phi) is 5.30. The molecule has 0 unspecified atom stereocenters. The number of nitrogens with one attached hydrogen (secondary N) is 1. The Balaban J connectivity index is 1.93. The van der Waals surface area contributed by atoms with Gasteiger partial charge in [0.15, 0.2) is 0 Å². The molecule has 0 saturated carbocycles. The fourth-order valence-corrected chi connectivity index (χ4v) is 2.61. The average molecular weight is 344 g/mol. The molecule has 1 atom stereocenters. The van der Waals surface area contributed by atoms with Gasteiger partial charge in [-0.15, -0.1) is 0 Å². The van der Waals surface area contributed by atoms with Crippen molar-refractivity contribution >= 4 is 17.6 Å². The second-order valence-electron chi connectivity index (χ2n) is 5.89. The summed E-state index contributed by atoms with van der Waals surface area (Å²) in [5.41, 5.74) is 0.785. The van der Waals surface area contributed by atoms with E-state index in [-0.39, 0.29) is 19.5 Å². The van der Waals surface area contributed by atoms with Crippen LogP contribution in [0.1, 0.15) is 12.0 Å². The van der Waals surface area contributed by atoms with E-state index in [4.69, 9.17) is 0 Å². The molecule has 0 aliphatic carbocycles. The van der Waals surface area contributed by atoms with Crippen molar-refractivity contribution in [3.63, 3.8) is 0 Å². The molecule has 1 aliphatic rings. The second kappa shape index (κ2) is 7.06. The number of anilines is 1. The number of pyridine rings is 1. The van der Waals surface area contributed by atoms with Gasteiger partial charge in [-0.25, -0.2) is 4.98 Å². The number of nitrogens with zero attached hydrogens (tertiary/aromatic N) is 3. The van der Waals surface area contributed by atoms with Gasteiger partial charge in [0.25, 0.3) is 0 Å². The van der Waals surface area contributed by atoms with Gasteiger partial charge in [0.1, 0.15) is 12.4 Å². The first-order valence-corrected chi connectivity index (χ1v) is 7.41. The van der Waals surface area contributed by atoms with E-state index in [1.807, 2.05) is 14.1 Å². The summed E-state index contributed by atoms with van der Waals surface area (Å²) in [4.78, 5) is 30.4. The first kappa shape index (κ1) is 18.0. The number of aromatic nitrogens is 1. The van der Waals surface area contributed by atoms with Gasteiger partial charge in [0.2, 0.25) is 11.8 Å². The number of rotatable bonds is 5. The summed E-state index contributed by atoms with van der Waals surface area (Å²) in [7, 11) is 3.64. The molecule has 6 nitrogen and oxygen atoms in total. The van der Waals surface area contributed by atoms with Gasteiger partial charge < -0.3 is 15.1 Å². The van der Waals surface area contributed by atoms with Crippen LogP contribution in [0.25, 0.3) is 0 Å². The third kappa shape index (κ3) is 4.59. The van der Waals surface area contributed by atoms with Crippen LogP contribution in [0.4, 0.5) is 19.0 Å². The van der Waals surface area contributed by atoms with Gasteiger partial charge in [-0.05, 0) is 6.07 Å².